The maximum Gasteiger partial charge on any atom is 0.0684 e. The highest BCUT2D eigenvalue weighted by Gasteiger charge is 1.99. The molecule has 0 saturated carbocycles. The molecule has 0 heterocycles. The molecule has 0 spiro atoms. The lowest BCUT2D eigenvalue weighted by atomic mass is 10.1. The molecule has 20 heavy (non-hydrogen) atoms. The van der Waals surface area contributed by atoms with E-state index in [1.165, 1.54) is 64.2 Å². The molecule has 0 aromatic rings. The first-order chi connectivity index (χ1) is 9.81. The van der Waals surface area contributed by atoms with Crippen LogP contribution in [0.5, 0.6) is 0 Å². The van der Waals surface area contributed by atoms with E-state index in [1.807, 2.05) is 0 Å². The van der Waals surface area contributed by atoms with E-state index in [9.17, 15) is 5.11 Å². The van der Waals surface area contributed by atoms with Gasteiger partial charge in [0.05, 0.1) is 6.10 Å². The summed E-state index contributed by atoms with van der Waals surface area (Å²) in [6, 6.07) is 0. The van der Waals surface area contributed by atoms with Gasteiger partial charge in [-0.3, -0.25) is 0 Å². The molecule has 0 saturated heterocycles. The predicted octanol–water partition coefficient (Wildman–Crippen LogP) is 4.02. The first kappa shape index (κ1) is 19.9. The van der Waals surface area contributed by atoms with Crippen molar-refractivity contribution in [3.05, 3.63) is 0 Å². The van der Waals surface area contributed by atoms with Crippen LogP contribution in [0, 0.1) is 0 Å². The molecule has 0 aliphatic heterocycles. The fraction of sp³-hybridized carbons (Fsp3) is 1.00. The van der Waals surface area contributed by atoms with Crippen LogP contribution in [0.4, 0.5) is 0 Å². The van der Waals surface area contributed by atoms with E-state index in [4.69, 9.17) is 10.5 Å². The summed E-state index contributed by atoms with van der Waals surface area (Å²) in [5.74, 6) is 0. The van der Waals surface area contributed by atoms with Crippen molar-refractivity contribution in [2.75, 3.05) is 19.8 Å². The molecule has 0 fully saturated rings. The van der Waals surface area contributed by atoms with E-state index in [0.29, 0.717) is 19.6 Å². The van der Waals surface area contributed by atoms with Crippen LogP contribution in [-0.4, -0.2) is 31.0 Å². The van der Waals surface area contributed by atoms with E-state index < -0.39 is 6.10 Å². The van der Waals surface area contributed by atoms with Crippen molar-refractivity contribution >= 4 is 0 Å². The maximum absolute atomic E-state index is 9.24. The average Bonchev–Trinajstić information content (AvgIpc) is 2.47. The minimum atomic E-state index is -0.396. The van der Waals surface area contributed by atoms with Crippen molar-refractivity contribution in [1.82, 2.24) is 0 Å². The Morgan fingerprint density at radius 2 is 1.30 bits per heavy atom. The van der Waals surface area contributed by atoms with Crippen molar-refractivity contribution in [2.45, 2.75) is 90.1 Å². The second kappa shape index (κ2) is 16.9. The van der Waals surface area contributed by atoms with Gasteiger partial charge in [-0.15, -0.1) is 0 Å². The number of ether oxygens (including phenoxy) is 1. The molecule has 0 aliphatic carbocycles. The van der Waals surface area contributed by atoms with E-state index in [2.05, 4.69) is 6.92 Å². The van der Waals surface area contributed by atoms with Gasteiger partial charge in [0.25, 0.3) is 0 Å². The third kappa shape index (κ3) is 15.9. The zero-order valence-electron chi connectivity index (χ0n) is 13.6. The second-order valence-electron chi connectivity index (χ2n) is 5.83. The van der Waals surface area contributed by atoms with Crippen molar-refractivity contribution in [3.63, 3.8) is 0 Å². The third-order valence-electron chi connectivity index (χ3n) is 3.76. The summed E-state index contributed by atoms with van der Waals surface area (Å²) in [5, 5.41) is 9.24. The lowest BCUT2D eigenvalue weighted by molar-refractivity contribution is 0.0831. The summed E-state index contributed by atoms with van der Waals surface area (Å²) < 4.78 is 5.47. The average molecular weight is 287 g/mol. The molecule has 1 unspecified atom stereocenters. The number of nitrogens with two attached hydrogens (primary N) is 1. The molecule has 0 aromatic heterocycles. The summed E-state index contributed by atoms with van der Waals surface area (Å²) in [5.41, 5.74) is 5.32. The van der Waals surface area contributed by atoms with Gasteiger partial charge in [-0.2, -0.15) is 0 Å². The van der Waals surface area contributed by atoms with Crippen molar-refractivity contribution in [1.29, 1.82) is 0 Å². The van der Waals surface area contributed by atoms with E-state index in [0.717, 1.165) is 13.0 Å². The van der Waals surface area contributed by atoms with Crippen LogP contribution in [0.3, 0.4) is 0 Å². The molecule has 0 bridgehead atoms. The van der Waals surface area contributed by atoms with Crippen molar-refractivity contribution < 1.29 is 9.84 Å². The molecule has 0 radical (unpaired) electrons. The molecular weight excluding hydrogens is 250 g/mol. The van der Waals surface area contributed by atoms with Gasteiger partial charge in [-0.25, -0.2) is 0 Å². The Hall–Kier alpha value is -0.120. The highest BCUT2D eigenvalue weighted by Crippen LogP contribution is 2.11. The highest BCUT2D eigenvalue weighted by atomic mass is 16.5. The minimum Gasteiger partial charge on any atom is -0.392 e. The van der Waals surface area contributed by atoms with Gasteiger partial charge in [-0.05, 0) is 12.8 Å². The zero-order chi connectivity index (χ0) is 14.9. The third-order valence-corrected chi connectivity index (χ3v) is 3.76. The Kier molecular flexibility index (Phi) is 16.8. The smallest absolute Gasteiger partial charge is 0.0684 e. The molecule has 3 heteroatoms. The lowest BCUT2D eigenvalue weighted by Gasteiger charge is -2.08. The topological polar surface area (TPSA) is 55.5 Å². The van der Waals surface area contributed by atoms with Crippen LogP contribution >= 0.6 is 0 Å². The van der Waals surface area contributed by atoms with Gasteiger partial charge in [0.2, 0.25) is 0 Å². The molecule has 1 atom stereocenters. The van der Waals surface area contributed by atoms with E-state index in [1.54, 1.807) is 0 Å². The van der Waals surface area contributed by atoms with Crippen molar-refractivity contribution in [3.8, 4) is 0 Å². The summed E-state index contributed by atoms with van der Waals surface area (Å²) in [7, 11) is 0. The standard InChI is InChI=1S/C17H37NO2/c1-2-3-4-5-6-7-8-9-10-11-12-14-20-15-13-17(19)16-18/h17,19H,2-16,18H2,1H3. The number of unbranched alkanes of at least 4 members (excludes halogenated alkanes) is 10. The summed E-state index contributed by atoms with van der Waals surface area (Å²) in [4.78, 5) is 0. The number of aliphatic hydroxyl groups excluding tert-OH is 1. The summed E-state index contributed by atoms with van der Waals surface area (Å²) in [6.07, 6.45) is 15.2. The van der Waals surface area contributed by atoms with Crippen LogP contribution in [0.1, 0.15) is 84.0 Å². The highest BCUT2D eigenvalue weighted by molar-refractivity contribution is 4.54. The minimum absolute atomic E-state index is 0.335. The Morgan fingerprint density at radius 3 is 1.80 bits per heavy atom. The number of rotatable bonds is 16. The van der Waals surface area contributed by atoms with Gasteiger partial charge in [0.15, 0.2) is 0 Å². The van der Waals surface area contributed by atoms with Gasteiger partial charge >= 0.3 is 0 Å². The molecule has 3 N–H and O–H groups in total. The summed E-state index contributed by atoms with van der Waals surface area (Å²) in [6.45, 7) is 4.07. The van der Waals surface area contributed by atoms with E-state index >= 15 is 0 Å². The van der Waals surface area contributed by atoms with Crippen molar-refractivity contribution in [2.24, 2.45) is 5.73 Å². The molecule has 122 valence electrons. The molecule has 0 aliphatic rings. The Morgan fingerprint density at radius 1 is 0.800 bits per heavy atom. The van der Waals surface area contributed by atoms with Crippen LogP contribution in [0.25, 0.3) is 0 Å². The predicted molar refractivity (Wildman–Crippen MR) is 87.0 cm³/mol. The summed E-state index contributed by atoms with van der Waals surface area (Å²) >= 11 is 0. The quantitative estimate of drug-likeness (QED) is 0.421. The van der Waals surface area contributed by atoms with Crippen LogP contribution in [0.2, 0.25) is 0 Å². The molecule has 0 aromatic carbocycles. The number of hydrogen-bond acceptors (Lipinski definition) is 3. The van der Waals surface area contributed by atoms with E-state index in [-0.39, 0.29) is 0 Å². The molecular formula is C17H37NO2. The zero-order valence-corrected chi connectivity index (χ0v) is 13.6. The van der Waals surface area contributed by atoms with Crippen LogP contribution in [-0.2, 0) is 4.74 Å². The largest absolute Gasteiger partial charge is 0.392 e. The first-order valence-electron chi connectivity index (χ1n) is 8.77. The van der Waals surface area contributed by atoms with Gasteiger partial charge < -0.3 is 15.6 Å². The number of aliphatic hydroxyl groups is 1. The first-order valence-corrected chi connectivity index (χ1v) is 8.77. The lowest BCUT2D eigenvalue weighted by Crippen LogP contribution is -2.21. The molecule has 0 rings (SSSR count). The molecule has 3 nitrogen and oxygen atoms in total. The Labute approximate surface area is 126 Å². The maximum atomic E-state index is 9.24. The normalized spacial score (nSPS) is 12.8. The monoisotopic (exact) mass is 287 g/mol. The SMILES string of the molecule is CCCCCCCCCCCCCOCCC(O)CN. The second-order valence-corrected chi connectivity index (χ2v) is 5.83. The van der Waals surface area contributed by atoms with Crippen LogP contribution < -0.4 is 5.73 Å². The Balaban J connectivity index is 2.96. The van der Waals surface area contributed by atoms with Gasteiger partial charge in [-0.1, -0.05) is 71.1 Å². The van der Waals surface area contributed by atoms with Gasteiger partial charge in [0.1, 0.15) is 0 Å². The fourth-order valence-corrected chi connectivity index (χ4v) is 2.31. The van der Waals surface area contributed by atoms with Crippen LogP contribution in [0.15, 0.2) is 0 Å². The molecule has 0 amide bonds. The Bertz CT molecular complexity index is 176. The number of hydrogen-bond donors (Lipinski definition) is 2. The fourth-order valence-electron chi connectivity index (χ4n) is 2.31. The van der Waals surface area contributed by atoms with Gasteiger partial charge in [0, 0.05) is 19.8 Å².